The van der Waals surface area contributed by atoms with Crippen LogP contribution in [0.4, 0.5) is 26.3 Å². The minimum absolute atomic E-state index is 0.0807. The molecule has 13 heteroatoms. The first-order valence-electron chi connectivity index (χ1n) is 8.79. The molecule has 0 aromatic heterocycles. The first kappa shape index (κ1) is 21.6. The molecular formula is C15H20F6I2N4O. The molecule has 28 heavy (non-hydrogen) atoms. The van der Waals surface area contributed by atoms with Crippen molar-refractivity contribution in [3.05, 3.63) is 0 Å². The average molecular weight is 640 g/mol. The van der Waals surface area contributed by atoms with Gasteiger partial charge in [-0.25, -0.2) is 0 Å². The summed E-state index contributed by atoms with van der Waals surface area (Å²) in [6.07, 6.45) is -9.73. The van der Waals surface area contributed by atoms with Gasteiger partial charge in [-0.05, 0) is 0 Å². The molecule has 5 N–H and O–H groups in total. The molecule has 2 aliphatic carbocycles. The average Bonchev–Trinajstić information content (AvgIpc) is 3.32. The third-order valence-corrected chi connectivity index (χ3v) is 13.8. The fourth-order valence-corrected chi connectivity index (χ4v) is 12.5. The Bertz CT molecular complexity index is 692. The molecule has 4 aliphatic rings. The quantitative estimate of drug-likeness (QED) is 0.0542. The van der Waals surface area contributed by atoms with Crippen LogP contribution < -0.4 is 12.8 Å². The standard InChI is InChI=1S/C15H20F6I2N4O/c1-11(22,15-23(26-15)27-15)10(24)25-9(8-5-6-2-3-7(8)4-6)12(28,13(16,17)18)14(19,20)21/h6-9,26-28H,2-5H2,1H3,(H2,24,25). The number of nitrogens with zero attached hydrogens (tertiary/aromatic N) is 1. The van der Waals surface area contributed by atoms with Crippen LogP contribution in [0.15, 0.2) is 4.99 Å². The molecule has 2 heterocycles. The molecule has 0 aromatic rings. The van der Waals surface area contributed by atoms with E-state index in [0.29, 0.717) is 12.8 Å². The van der Waals surface area contributed by atoms with E-state index in [1.165, 1.54) is 0 Å². The van der Waals surface area contributed by atoms with Crippen molar-refractivity contribution in [3.8, 4) is 0 Å². The van der Waals surface area contributed by atoms with Crippen LogP contribution in [-0.2, 0) is 0 Å². The van der Waals surface area contributed by atoms with E-state index >= 15 is 0 Å². The molecule has 4 rings (SSSR count). The Morgan fingerprint density at radius 3 is 2.07 bits per heavy atom. The molecule has 4 fully saturated rings. The first-order valence-corrected chi connectivity index (χ1v) is 13.1. The molecule has 2 saturated heterocycles. The van der Waals surface area contributed by atoms with Gasteiger partial charge in [0.25, 0.3) is 0 Å². The number of aliphatic imine (C=N–C) groups is 1. The van der Waals surface area contributed by atoms with Crippen molar-refractivity contribution in [3.63, 3.8) is 0 Å². The van der Waals surface area contributed by atoms with Crippen molar-refractivity contribution in [2.75, 3.05) is 0 Å². The number of hydrogen-bond acceptors (Lipinski definition) is 4. The first-order chi connectivity index (χ1) is 12.6. The van der Waals surface area contributed by atoms with Gasteiger partial charge in [-0.3, -0.25) is 0 Å². The van der Waals surface area contributed by atoms with Gasteiger partial charge in [0.1, 0.15) is 0 Å². The monoisotopic (exact) mass is 640 g/mol. The predicted octanol–water partition coefficient (Wildman–Crippen LogP) is 3.39. The zero-order valence-corrected chi connectivity index (χ0v) is 18.9. The normalized spacial score (nSPS) is 36.1. The summed E-state index contributed by atoms with van der Waals surface area (Å²) >= 11 is 0.339. The van der Waals surface area contributed by atoms with Crippen LogP contribution >= 0.6 is 43.0 Å². The summed E-state index contributed by atoms with van der Waals surface area (Å²) in [4.78, 5) is 3.83. The van der Waals surface area contributed by atoms with Crippen molar-refractivity contribution in [1.82, 2.24) is 7.06 Å². The van der Waals surface area contributed by atoms with Gasteiger partial charge in [0.2, 0.25) is 0 Å². The van der Waals surface area contributed by atoms with E-state index in [1.54, 1.807) is 6.92 Å². The number of rotatable bonds is 5. The van der Waals surface area contributed by atoms with Gasteiger partial charge < -0.3 is 0 Å². The van der Waals surface area contributed by atoms with Crippen molar-refractivity contribution in [2.45, 2.75) is 63.7 Å². The van der Waals surface area contributed by atoms with Crippen molar-refractivity contribution in [1.29, 1.82) is 0 Å². The Hall–Kier alpha value is 0.390. The zero-order chi connectivity index (χ0) is 20.9. The third-order valence-electron chi connectivity index (χ3n) is 6.56. The number of nitrogens with two attached hydrogens (primary N) is 1. The van der Waals surface area contributed by atoms with E-state index in [9.17, 15) is 31.4 Å². The summed E-state index contributed by atoms with van der Waals surface area (Å²) in [5.41, 5.74) is 1.06. The maximum atomic E-state index is 13.6. The summed E-state index contributed by atoms with van der Waals surface area (Å²) < 4.78 is 86.8. The molecule has 2 aliphatic heterocycles. The van der Waals surface area contributed by atoms with Crippen molar-refractivity contribution >= 4 is 48.8 Å². The fourth-order valence-electron chi connectivity index (χ4n) is 4.70. The third kappa shape index (κ3) is 2.92. The summed E-state index contributed by atoms with van der Waals surface area (Å²) in [6, 6.07) is -2.41. The summed E-state index contributed by atoms with van der Waals surface area (Å²) in [5.74, 6) is -1.55. The van der Waals surface area contributed by atoms with E-state index in [-0.39, 0.29) is 24.1 Å². The molecule has 0 amide bonds. The summed E-state index contributed by atoms with van der Waals surface area (Å²) in [5, 5.41) is 10.1. The number of amidine groups is 1. The molecule has 2 bridgehead atoms. The number of nitrogens with one attached hydrogen (secondary N) is 2. The fraction of sp³-hybridized carbons (Fsp3) is 0.933. The molecule has 0 aromatic carbocycles. The van der Waals surface area contributed by atoms with Crippen LogP contribution in [0.25, 0.3) is 0 Å². The second-order valence-corrected chi connectivity index (χ2v) is 14.7. The van der Waals surface area contributed by atoms with Crippen LogP contribution in [0.2, 0.25) is 0 Å². The summed E-state index contributed by atoms with van der Waals surface area (Å²) in [6.45, 7) is 1.63. The SMILES string of the molecule is CC(I)(C(N)=NC(C1CC2CCC1C2)C(O)(C(F)(F)F)C(F)(F)F)C12NI1N2. The molecule has 0 spiro atoms. The van der Waals surface area contributed by atoms with Gasteiger partial charge >= 0.3 is 179 Å². The number of hydrogen-bond donors (Lipinski definition) is 4. The molecule has 162 valence electrons. The van der Waals surface area contributed by atoms with E-state index in [4.69, 9.17) is 5.73 Å². The molecule has 5 atom stereocenters. The van der Waals surface area contributed by atoms with Crippen LogP contribution in [-0.4, -0.2) is 42.0 Å². The Morgan fingerprint density at radius 1 is 1.18 bits per heavy atom. The summed E-state index contributed by atoms with van der Waals surface area (Å²) in [7, 11) is 0. The van der Waals surface area contributed by atoms with E-state index in [2.05, 4.69) is 12.1 Å². The van der Waals surface area contributed by atoms with Crippen molar-refractivity contribution in [2.24, 2.45) is 28.5 Å². The number of fused-ring (bicyclic) bond motifs is 3. The Morgan fingerprint density at radius 2 is 1.71 bits per heavy atom. The molecule has 2 saturated carbocycles. The Kier molecular flexibility index (Phi) is 4.80. The minimum atomic E-state index is -5.92. The van der Waals surface area contributed by atoms with Gasteiger partial charge in [0, 0.05) is 0 Å². The molecule has 0 radical (unpaired) electrons. The van der Waals surface area contributed by atoms with Gasteiger partial charge in [0.05, 0.1) is 0 Å². The maximum absolute atomic E-state index is 13.6. The number of alkyl halides is 8. The van der Waals surface area contributed by atoms with Gasteiger partial charge in [-0.1, -0.05) is 0 Å². The van der Waals surface area contributed by atoms with Crippen molar-refractivity contribution < 1.29 is 31.4 Å². The van der Waals surface area contributed by atoms with Gasteiger partial charge in [-0.15, -0.1) is 0 Å². The second-order valence-electron chi connectivity index (χ2n) is 8.19. The zero-order valence-electron chi connectivity index (χ0n) is 14.6. The van der Waals surface area contributed by atoms with E-state index < -0.39 is 57.4 Å². The Labute approximate surface area is 178 Å². The van der Waals surface area contributed by atoms with Crippen LogP contribution in [0.3, 0.4) is 0 Å². The van der Waals surface area contributed by atoms with Gasteiger partial charge in [-0.2, -0.15) is 0 Å². The number of aliphatic hydroxyl groups is 1. The molecule has 5 nitrogen and oxygen atoms in total. The van der Waals surface area contributed by atoms with E-state index in [0.717, 1.165) is 6.42 Å². The van der Waals surface area contributed by atoms with Crippen LogP contribution in [0, 0.1) is 17.8 Å². The van der Waals surface area contributed by atoms with E-state index in [1.807, 2.05) is 22.6 Å². The second kappa shape index (κ2) is 6.22. The van der Waals surface area contributed by atoms with Crippen LogP contribution in [0.1, 0.15) is 32.6 Å². The molecule has 5 unspecified atom stereocenters. The predicted molar refractivity (Wildman–Crippen MR) is 107 cm³/mol. The Balaban J connectivity index is 1.77. The number of halogens is 8. The topological polar surface area (TPSA) is 102 Å². The van der Waals surface area contributed by atoms with Crippen LogP contribution in [0.5, 0.6) is 0 Å². The van der Waals surface area contributed by atoms with Gasteiger partial charge in [0.15, 0.2) is 0 Å². The molecular weight excluding hydrogens is 620 g/mol.